The highest BCUT2D eigenvalue weighted by Gasteiger charge is 2.25. The van der Waals surface area contributed by atoms with Crippen molar-refractivity contribution in [3.8, 4) is 0 Å². The Hall–Kier alpha value is -2.77. The summed E-state index contributed by atoms with van der Waals surface area (Å²) in [7, 11) is 0. The Morgan fingerprint density at radius 1 is 0.923 bits per heavy atom. The first-order chi connectivity index (χ1) is 12.7. The zero-order chi connectivity index (χ0) is 17.9. The summed E-state index contributed by atoms with van der Waals surface area (Å²) in [6.45, 7) is 6.88. The lowest BCUT2D eigenvalue weighted by Gasteiger charge is -2.35. The van der Waals surface area contributed by atoms with Crippen molar-refractivity contribution in [3.63, 3.8) is 0 Å². The Labute approximate surface area is 152 Å². The molecule has 26 heavy (non-hydrogen) atoms. The van der Waals surface area contributed by atoms with Crippen LogP contribution in [0.25, 0.3) is 0 Å². The molecule has 0 saturated carbocycles. The molecule has 0 bridgehead atoms. The van der Waals surface area contributed by atoms with Gasteiger partial charge in [-0.2, -0.15) is 0 Å². The monoisotopic (exact) mass is 353 g/mol. The normalized spacial score (nSPS) is 17.7. The maximum Gasteiger partial charge on any atom is 0.274 e. The molecule has 2 saturated heterocycles. The lowest BCUT2D eigenvalue weighted by atomic mass is 10.2. The molecule has 2 aliphatic heterocycles. The zero-order valence-electron chi connectivity index (χ0n) is 15.0. The molecule has 4 rings (SSSR count). The van der Waals surface area contributed by atoms with E-state index in [-0.39, 0.29) is 5.91 Å². The van der Waals surface area contributed by atoms with E-state index in [1.54, 1.807) is 12.4 Å². The van der Waals surface area contributed by atoms with E-state index >= 15 is 0 Å². The van der Waals surface area contributed by atoms with E-state index in [0.717, 1.165) is 43.6 Å². The van der Waals surface area contributed by atoms with Crippen molar-refractivity contribution in [1.82, 2.24) is 24.8 Å². The van der Waals surface area contributed by atoms with Gasteiger partial charge < -0.3 is 14.7 Å². The van der Waals surface area contributed by atoms with Gasteiger partial charge in [0.2, 0.25) is 0 Å². The Morgan fingerprint density at radius 3 is 2.19 bits per heavy atom. The van der Waals surface area contributed by atoms with Crippen molar-refractivity contribution in [3.05, 3.63) is 36.2 Å². The summed E-state index contributed by atoms with van der Waals surface area (Å²) in [5.41, 5.74) is 0.398. The molecule has 0 spiro atoms. The molecule has 0 unspecified atom stereocenters. The largest absolute Gasteiger partial charge is 0.356 e. The summed E-state index contributed by atoms with van der Waals surface area (Å²) < 4.78 is 0. The second kappa shape index (κ2) is 7.23. The lowest BCUT2D eigenvalue weighted by molar-refractivity contribution is 0.0740. The maximum atomic E-state index is 12.5. The Bertz CT molecular complexity index is 768. The number of nitrogens with zero attached hydrogens (tertiary/aromatic N) is 7. The number of anilines is 2. The summed E-state index contributed by atoms with van der Waals surface area (Å²) in [5.74, 6) is 2.70. The molecule has 8 nitrogen and oxygen atoms in total. The maximum absolute atomic E-state index is 12.5. The van der Waals surface area contributed by atoms with Gasteiger partial charge in [0.05, 0.1) is 6.20 Å². The van der Waals surface area contributed by atoms with Crippen LogP contribution in [0.1, 0.15) is 29.2 Å². The Morgan fingerprint density at radius 2 is 1.58 bits per heavy atom. The van der Waals surface area contributed by atoms with Crippen molar-refractivity contribution in [1.29, 1.82) is 0 Å². The second-order valence-corrected chi connectivity index (χ2v) is 6.70. The van der Waals surface area contributed by atoms with Crippen LogP contribution in [-0.2, 0) is 0 Å². The molecular weight excluding hydrogens is 330 g/mol. The van der Waals surface area contributed by atoms with E-state index < -0.39 is 0 Å². The molecule has 2 aromatic rings. The van der Waals surface area contributed by atoms with Crippen LogP contribution in [0.5, 0.6) is 0 Å². The molecule has 0 radical (unpaired) electrons. The van der Waals surface area contributed by atoms with Gasteiger partial charge in [0.25, 0.3) is 5.91 Å². The molecule has 1 amide bonds. The first-order valence-corrected chi connectivity index (χ1v) is 9.11. The van der Waals surface area contributed by atoms with Gasteiger partial charge in [-0.15, -0.1) is 0 Å². The van der Waals surface area contributed by atoms with Crippen LogP contribution in [0.3, 0.4) is 0 Å². The molecule has 8 heteroatoms. The number of aromatic nitrogens is 4. The van der Waals surface area contributed by atoms with E-state index in [2.05, 4.69) is 35.8 Å². The highest BCUT2D eigenvalue weighted by Crippen LogP contribution is 2.23. The van der Waals surface area contributed by atoms with Crippen molar-refractivity contribution >= 4 is 17.5 Å². The van der Waals surface area contributed by atoms with Gasteiger partial charge in [0.1, 0.15) is 23.2 Å². The van der Waals surface area contributed by atoms with Crippen LogP contribution in [0.15, 0.2) is 24.7 Å². The van der Waals surface area contributed by atoms with Crippen LogP contribution in [-0.4, -0.2) is 70.0 Å². The van der Waals surface area contributed by atoms with E-state index in [9.17, 15) is 4.79 Å². The Kier molecular flexibility index (Phi) is 4.64. The fraction of sp³-hybridized carbons (Fsp3) is 0.500. The molecular formula is C18H23N7O. The van der Waals surface area contributed by atoms with Crippen LogP contribution in [0, 0.1) is 6.92 Å². The van der Waals surface area contributed by atoms with E-state index in [1.165, 1.54) is 19.0 Å². The molecule has 0 atom stereocenters. The predicted molar refractivity (Wildman–Crippen MR) is 98.4 cm³/mol. The molecule has 4 heterocycles. The molecule has 0 N–H and O–H groups in total. The number of hydrogen-bond donors (Lipinski definition) is 0. The Balaban J connectivity index is 1.44. The zero-order valence-corrected chi connectivity index (χ0v) is 15.0. The van der Waals surface area contributed by atoms with Gasteiger partial charge in [0.15, 0.2) is 0 Å². The van der Waals surface area contributed by atoms with Crippen molar-refractivity contribution in [2.75, 3.05) is 49.1 Å². The lowest BCUT2D eigenvalue weighted by Crippen LogP contribution is -2.49. The highest BCUT2D eigenvalue weighted by atomic mass is 16.2. The smallest absolute Gasteiger partial charge is 0.274 e. The topological polar surface area (TPSA) is 78.4 Å². The average molecular weight is 353 g/mol. The van der Waals surface area contributed by atoms with Gasteiger partial charge in [-0.25, -0.2) is 15.0 Å². The summed E-state index contributed by atoms with van der Waals surface area (Å²) >= 11 is 0. The third-order valence-corrected chi connectivity index (χ3v) is 4.91. The number of aryl methyl sites for hydroxylation is 1. The molecule has 2 fully saturated rings. The summed E-state index contributed by atoms with van der Waals surface area (Å²) in [4.78, 5) is 36.2. The quantitative estimate of drug-likeness (QED) is 0.819. The third-order valence-electron chi connectivity index (χ3n) is 4.91. The number of piperazine rings is 1. The molecule has 0 aromatic carbocycles. The number of hydrogen-bond acceptors (Lipinski definition) is 7. The van der Waals surface area contributed by atoms with Crippen molar-refractivity contribution in [2.45, 2.75) is 19.8 Å². The van der Waals surface area contributed by atoms with Crippen LogP contribution < -0.4 is 9.80 Å². The van der Waals surface area contributed by atoms with Gasteiger partial charge in [-0.1, -0.05) is 0 Å². The first kappa shape index (κ1) is 16.7. The fourth-order valence-corrected chi connectivity index (χ4v) is 3.52. The molecule has 2 aliphatic rings. The van der Waals surface area contributed by atoms with E-state index in [4.69, 9.17) is 0 Å². The highest BCUT2D eigenvalue weighted by molar-refractivity contribution is 5.92. The number of amides is 1. The molecule has 2 aromatic heterocycles. The standard InChI is InChI=1S/C18H23N7O/c1-14-21-16(23-6-2-3-7-23)12-17(22-14)24-8-10-25(11-9-24)18(26)15-13-19-4-5-20-15/h4-5,12-13H,2-3,6-11H2,1H3. The SMILES string of the molecule is Cc1nc(N2CCCC2)cc(N2CCN(C(=O)c3cnccn3)CC2)n1. The van der Waals surface area contributed by atoms with Crippen molar-refractivity contribution in [2.24, 2.45) is 0 Å². The van der Waals surface area contributed by atoms with Crippen LogP contribution in [0.4, 0.5) is 11.6 Å². The van der Waals surface area contributed by atoms with Crippen LogP contribution in [0.2, 0.25) is 0 Å². The first-order valence-electron chi connectivity index (χ1n) is 9.11. The van der Waals surface area contributed by atoms with Crippen molar-refractivity contribution < 1.29 is 4.79 Å². The average Bonchev–Trinajstić information content (AvgIpc) is 3.23. The summed E-state index contributed by atoms with van der Waals surface area (Å²) in [5, 5.41) is 0. The van der Waals surface area contributed by atoms with Gasteiger partial charge in [-0.05, 0) is 19.8 Å². The molecule has 0 aliphatic carbocycles. The number of rotatable bonds is 3. The predicted octanol–water partition coefficient (Wildman–Crippen LogP) is 1.14. The minimum atomic E-state index is -0.0608. The summed E-state index contributed by atoms with van der Waals surface area (Å²) in [6.07, 6.45) is 7.09. The minimum Gasteiger partial charge on any atom is -0.356 e. The number of carbonyl (C=O) groups is 1. The summed E-state index contributed by atoms with van der Waals surface area (Å²) in [6, 6.07) is 2.08. The fourth-order valence-electron chi connectivity index (χ4n) is 3.52. The molecule has 136 valence electrons. The van der Waals surface area contributed by atoms with E-state index in [0.29, 0.717) is 18.8 Å². The van der Waals surface area contributed by atoms with Gasteiger partial charge in [-0.3, -0.25) is 9.78 Å². The minimum absolute atomic E-state index is 0.0608. The number of carbonyl (C=O) groups excluding carboxylic acids is 1. The van der Waals surface area contributed by atoms with Gasteiger partial charge >= 0.3 is 0 Å². The van der Waals surface area contributed by atoms with Crippen LogP contribution >= 0.6 is 0 Å². The van der Waals surface area contributed by atoms with E-state index in [1.807, 2.05) is 11.8 Å². The third kappa shape index (κ3) is 3.44. The second-order valence-electron chi connectivity index (χ2n) is 6.70. The van der Waals surface area contributed by atoms with Gasteiger partial charge in [0, 0.05) is 57.7 Å².